The maximum atomic E-state index is 9.52. The first kappa shape index (κ1) is 16.4. The van der Waals surface area contributed by atoms with Gasteiger partial charge in [-0.2, -0.15) is 0 Å². The zero-order valence-electron chi connectivity index (χ0n) is 13.0. The SMILES string of the molecule is CCC(CO)(CO)NC1CCN(Cc2ccccc2)CC1. The Hall–Kier alpha value is -0.940. The topological polar surface area (TPSA) is 55.7 Å². The van der Waals surface area contributed by atoms with Crippen LogP contribution in [0.15, 0.2) is 30.3 Å². The third kappa shape index (κ3) is 4.51. The number of likely N-dealkylation sites (tertiary alicyclic amines) is 1. The Balaban J connectivity index is 1.80. The van der Waals surface area contributed by atoms with Gasteiger partial charge in [0.1, 0.15) is 0 Å². The highest BCUT2D eigenvalue weighted by Gasteiger charge is 2.30. The first-order valence-electron chi connectivity index (χ1n) is 7.97. The van der Waals surface area contributed by atoms with E-state index in [-0.39, 0.29) is 13.2 Å². The average molecular weight is 292 g/mol. The summed E-state index contributed by atoms with van der Waals surface area (Å²) in [6, 6.07) is 10.9. The zero-order chi connectivity index (χ0) is 15.1. The van der Waals surface area contributed by atoms with E-state index in [0.29, 0.717) is 6.04 Å². The van der Waals surface area contributed by atoms with Crippen LogP contribution in [0.25, 0.3) is 0 Å². The highest BCUT2D eigenvalue weighted by molar-refractivity contribution is 5.14. The number of rotatable bonds is 7. The summed E-state index contributed by atoms with van der Waals surface area (Å²) in [7, 11) is 0. The molecule has 1 saturated heterocycles. The van der Waals surface area contributed by atoms with Crippen LogP contribution in [-0.4, -0.2) is 53.0 Å². The first-order valence-corrected chi connectivity index (χ1v) is 7.97. The van der Waals surface area contributed by atoms with Crippen LogP contribution in [-0.2, 0) is 6.54 Å². The maximum absolute atomic E-state index is 9.52. The fourth-order valence-corrected chi connectivity index (χ4v) is 2.98. The summed E-state index contributed by atoms with van der Waals surface area (Å²) in [6.07, 6.45) is 2.87. The smallest absolute Gasteiger partial charge is 0.0647 e. The Morgan fingerprint density at radius 2 is 1.76 bits per heavy atom. The van der Waals surface area contributed by atoms with Crippen LogP contribution < -0.4 is 5.32 Å². The molecule has 1 aromatic rings. The molecule has 1 aliphatic heterocycles. The molecule has 3 N–H and O–H groups in total. The van der Waals surface area contributed by atoms with Crippen molar-refractivity contribution in [2.45, 2.75) is 44.3 Å². The molecule has 0 atom stereocenters. The number of hydrogen-bond donors (Lipinski definition) is 3. The van der Waals surface area contributed by atoms with Crippen molar-refractivity contribution in [3.63, 3.8) is 0 Å². The Kier molecular flexibility index (Phi) is 6.18. The molecule has 0 spiro atoms. The van der Waals surface area contributed by atoms with Gasteiger partial charge in [0.15, 0.2) is 0 Å². The van der Waals surface area contributed by atoms with E-state index in [1.807, 2.05) is 13.0 Å². The summed E-state index contributed by atoms with van der Waals surface area (Å²) < 4.78 is 0. The minimum atomic E-state index is -0.522. The lowest BCUT2D eigenvalue weighted by atomic mass is 9.94. The predicted molar refractivity (Wildman–Crippen MR) is 85.1 cm³/mol. The molecule has 0 aromatic heterocycles. The average Bonchev–Trinajstić information content (AvgIpc) is 2.55. The van der Waals surface area contributed by atoms with E-state index in [9.17, 15) is 10.2 Å². The van der Waals surface area contributed by atoms with Crippen molar-refractivity contribution >= 4 is 0 Å². The number of nitrogens with one attached hydrogen (secondary N) is 1. The molecule has 4 nitrogen and oxygen atoms in total. The molecular weight excluding hydrogens is 264 g/mol. The van der Waals surface area contributed by atoms with Gasteiger partial charge >= 0.3 is 0 Å². The van der Waals surface area contributed by atoms with Crippen LogP contribution >= 0.6 is 0 Å². The quantitative estimate of drug-likeness (QED) is 0.710. The molecule has 2 rings (SSSR count). The lowest BCUT2D eigenvalue weighted by Crippen LogP contribution is -2.57. The molecule has 1 aliphatic rings. The Morgan fingerprint density at radius 3 is 2.29 bits per heavy atom. The van der Waals surface area contributed by atoms with Crippen molar-refractivity contribution in [1.82, 2.24) is 10.2 Å². The second-order valence-electron chi connectivity index (χ2n) is 6.13. The highest BCUT2D eigenvalue weighted by atomic mass is 16.3. The number of hydrogen-bond acceptors (Lipinski definition) is 4. The summed E-state index contributed by atoms with van der Waals surface area (Å²) in [4.78, 5) is 2.47. The molecule has 0 radical (unpaired) electrons. The second-order valence-corrected chi connectivity index (χ2v) is 6.13. The summed E-state index contributed by atoms with van der Waals surface area (Å²) in [5.74, 6) is 0. The Labute approximate surface area is 127 Å². The molecule has 21 heavy (non-hydrogen) atoms. The molecule has 0 amide bonds. The van der Waals surface area contributed by atoms with Crippen molar-refractivity contribution in [3.8, 4) is 0 Å². The van der Waals surface area contributed by atoms with Gasteiger partial charge < -0.3 is 15.5 Å². The van der Waals surface area contributed by atoms with E-state index in [1.165, 1.54) is 5.56 Å². The maximum Gasteiger partial charge on any atom is 0.0647 e. The minimum Gasteiger partial charge on any atom is -0.394 e. The minimum absolute atomic E-state index is 0.00969. The largest absolute Gasteiger partial charge is 0.394 e. The van der Waals surface area contributed by atoms with Gasteiger partial charge in [0.05, 0.1) is 18.8 Å². The second kappa shape index (κ2) is 7.90. The number of aliphatic hydroxyl groups is 2. The predicted octanol–water partition coefficient (Wildman–Crippen LogP) is 1.37. The van der Waals surface area contributed by atoms with Crippen LogP contribution in [0.2, 0.25) is 0 Å². The number of aliphatic hydroxyl groups excluding tert-OH is 2. The normalized spacial score (nSPS) is 18.0. The monoisotopic (exact) mass is 292 g/mol. The Morgan fingerprint density at radius 1 is 1.14 bits per heavy atom. The van der Waals surface area contributed by atoms with Gasteiger partial charge in [-0.25, -0.2) is 0 Å². The van der Waals surface area contributed by atoms with Crippen molar-refractivity contribution in [3.05, 3.63) is 35.9 Å². The van der Waals surface area contributed by atoms with Gasteiger partial charge in [-0.3, -0.25) is 4.90 Å². The standard InChI is InChI=1S/C17H28N2O2/c1-2-17(13-20,14-21)18-16-8-10-19(11-9-16)12-15-6-4-3-5-7-15/h3-7,16,18,20-21H,2,8-14H2,1H3. The molecule has 0 bridgehead atoms. The van der Waals surface area contributed by atoms with E-state index in [4.69, 9.17) is 0 Å². The molecular formula is C17H28N2O2. The van der Waals surface area contributed by atoms with E-state index in [0.717, 1.165) is 38.9 Å². The molecule has 0 aliphatic carbocycles. The van der Waals surface area contributed by atoms with E-state index in [2.05, 4.69) is 34.5 Å². The van der Waals surface area contributed by atoms with Gasteiger partial charge in [-0.15, -0.1) is 0 Å². The molecule has 4 heteroatoms. The van der Waals surface area contributed by atoms with Gasteiger partial charge in [0.25, 0.3) is 0 Å². The molecule has 1 heterocycles. The van der Waals surface area contributed by atoms with E-state index in [1.54, 1.807) is 0 Å². The number of nitrogens with zero attached hydrogens (tertiary/aromatic N) is 1. The van der Waals surface area contributed by atoms with Crippen molar-refractivity contribution in [1.29, 1.82) is 0 Å². The number of benzene rings is 1. The fourth-order valence-electron chi connectivity index (χ4n) is 2.98. The number of piperidine rings is 1. The molecule has 0 saturated carbocycles. The third-order valence-electron chi connectivity index (χ3n) is 4.63. The lowest BCUT2D eigenvalue weighted by molar-refractivity contribution is 0.0646. The van der Waals surface area contributed by atoms with E-state index < -0.39 is 5.54 Å². The van der Waals surface area contributed by atoms with Crippen LogP contribution in [0.1, 0.15) is 31.7 Å². The van der Waals surface area contributed by atoms with Crippen molar-refractivity contribution in [2.75, 3.05) is 26.3 Å². The molecule has 1 fully saturated rings. The van der Waals surface area contributed by atoms with Crippen LogP contribution in [0.4, 0.5) is 0 Å². The summed E-state index contributed by atoms with van der Waals surface area (Å²) in [5.41, 5.74) is 0.837. The van der Waals surface area contributed by atoms with Crippen LogP contribution in [0, 0.1) is 0 Å². The fraction of sp³-hybridized carbons (Fsp3) is 0.647. The molecule has 0 unspecified atom stereocenters. The third-order valence-corrected chi connectivity index (χ3v) is 4.63. The first-order chi connectivity index (χ1) is 10.2. The summed E-state index contributed by atoms with van der Waals surface area (Å²) in [5, 5.41) is 22.5. The van der Waals surface area contributed by atoms with Crippen LogP contribution in [0.5, 0.6) is 0 Å². The van der Waals surface area contributed by atoms with Crippen LogP contribution in [0.3, 0.4) is 0 Å². The highest BCUT2D eigenvalue weighted by Crippen LogP contribution is 2.18. The van der Waals surface area contributed by atoms with Gasteiger partial charge in [0.2, 0.25) is 0 Å². The van der Waals surface area contributed by atoms with Crippen molar-refractivity contribution in [2.24, 2.45) is 0 Å². The molecule has 1 aromatic carbocycles. The summed E-state index contributed by atoms with van der Waals surface area (Å²) >= 11 is 0. The van der Waals surface area contributed by atoms with Gasteiger partial charge in [-0.1, -0.05) is 37.3 Å². The van der Waals surface area contributed by atoms with Crippen molar-refractivity contribution < 1.29 is 10.2 Å². The van der Waals surface area contributed by atoms with E-state index >= 15 is 0 Å². The molecule has 118 valence electrons. The van der Waals surface area contributed by atoms with Gasteiger partial charge in [0, 0.05) is 12.6 Å². The summed E-state index contributed by atoms with van der Waals surface area (Å²) in [6.45, 7) is 5.11. The zero-order valence-corrected chi connectivity index (χ0v) is 13.0. The van der Waals surface area contributed by atoms with Gasteiger partial charge in [-0.05, 0) is 37.9 Å². The lowest BCUT2D eigenvalue weighted by Gasteiger charge is -2.39. The Bertz CT molecular complexity index is 390.